The van der Waals surface area contributed by atoms with Crippen LogP contribution >= 0.6 is 0 Å². The van der Waals surface area contributed by atoms with Gasteiger partial charge in [-0.15, -0.1) is 0 Å². The molecule has 0 aromatic rings. The molecule has 2 saturated heterocycles. The molecule has 0 bridgehead atoms. The molecule has 6 nitrogen and oxygen atoms in total. The topological polar surface area (TPSA) is 78.7 Å². The second kappa shape index (κ2) is 6.86. The van der Waals surface area contributed by atoms with Crippen molar-refractivity contribution in [3.05, 3.63) is 0 Å². The molecule has 2 amide bonds. The fourth-order valence-electron chi connectivity index (χ4n) is 2.52. The Morgan fingerprint density at radius 3 is 2.47 bits per heavy atom. The van der Waals surface area contributed by atoms with Crippen molar-refractivity contribution in [2.24, 2.45) is 5.73 Å². The van der Waals surface area contributed by atoms with E-state index < -0.39 is 5.54 Å². The highest BCUT2D eigenvalue weighted by molar-refractivity contribution is 5.97. The Morgan fingerprint density at radius 1 is 1.42 bits per heavy atom. The van der Waals surface area contributed by atoms with E-state index in [-0.39, 0.29) is 11.8 Å². The molecule has 1 unspecified atom stereocenters. The number of carbonyl (C=O) groups excluding carboxylic acids is 2. The maximum Gasteiger partial charge on any atom is 0.249 e. The smallest absolute Gasteiger partial charge is 0.249 e. The van der Waals surface area contributed by atoms with Gasteiger partial charge in [0.2, 0.25) is 11.8 Å². The molecule has 2 aliphatic rings. The van der Waals surface area contributed by atoms with Crippen molar-refractivity contribution in [1.29, 1.82) is 0 Å². The maximum absolute atomic E-state index is 12.0. The molecule has 0 aromatic heterocycles. The number of hydrogen-bond acceptors (Lipinski definition) is 4. The first kappa shape index (κ1) is 15.9. The average molecular weight is 270 g/mol. The number of likely N-dealkylation sites (N-methyl/N-ethyl adjacent to an activating group) is 1. The van der Waals surface area contributed by atoms with Crippen molar-refractivity contribution in [1.82, 2.24) is 15.1 Å². The van der Waals surface area contributed by atoms with Crippen LogP contribution in [0.3, 0.4) is 0 Å². The van der Waals surface area contributed by atoms with Crippen molar-refractivity contribution >= 4 is 11.8 Å². The number of nitrogens with two attached hydrogens (primary N) is 1. The van der Waals surface area contributed by atoms with Crippen molar-refractivity contribution < 1.29 is 9.59 Å². The summed E-state index contributed by atoms with van der Waals surface area (Å²) >= 11 is 0. The quantitative estimate of drug-likeness (QED) is 0.656. The third-order valence-corrected chi connectivity index (χ3v) is 3.48. The molecule has 3 N–H and O–H groups in total. The fourth-order valence-corrected chi connectivity index (χ4v) is 2.52. The summed E-state index contributed by atoms with van der Waals surface area (Å²) in [7, 11) is 2.00. The Labute approximate surface area is 115 Å². The SMILES string of the molecule is CCCC(=O)N1CCN(C)CC12CNC2=O.CCN. The van der Waals surface area contributed by atoms with Crippen molar-refractivity contribution in [3.63, 3.8) is 0 Å². The lowest BCUT2D eigenvalue weighted by atomic mass is 9.86. The van der Waals surface area contributed by atoms with E-state index in [1.165, 1.54) is 0 Å². The van der Waals surface area contributed by atoms with Crippen LogP contribution in [0, 0.1) is 0 Å². The van der Waals surface area contributed by atoms with Gasteiger partial charge in [0.15, 0.2) is 5.54 Å². The molecule has 0 aliphatic carbocycles. The van der Waals surface area contributed by atoms with Crippen LogP contribution in [-0.2, 0) is 9.59 Å². The van der Waals surface area contributed by atoms with Gasteiger partial charge < -0.3 is 20.9 Å². The Hall–Kier alpha value is -1.14. The summed E-state index contributed by atoms with van der Waals surface area (Å²) in [5.74, 6) is 0.119. The molecule has 1 atom stereocenters. The van der Waals surface area contributed by atoms with Crippen molar-refractivity contribution in [2.75, 3.05) is 39.8 Å². The van der Waals surface area contributed by atoms with E-state index in [2.05, 4.69) is 10.2 Å². The van der Waals surface area contributed by atoms with E-state index in [0.29, 0.717) is 26.1 Å². The van der Waals surface area contributed by atoms with E-state index in [1.807, 2.05) is 20.9 Å². The van der Waals surface area contributed by atoms with Gasteiger partial charge >= 0.3 is 0 Å². The third kappa shape index (κ3) is 3.25. The van der Waals surface area contributed by atoms with Crippen LogP contribution in [-0.4, -0.2) is 66.9 Å². The highest BCUT2D eigenvalue weighted by Crippen LogP contribution is 2.27. The van der Waals surface area contributed by atoms with E-state index in [1.54, 1.807) is 4.90 Å². The lowest BCUT2D eigenvalue weighted by molar-refractivity contribution is -0.161. The first-order valence-corrected chi connectivity index (χ1v) is 6.99. The second-order valence-corrected chi connectivity index (χ2v) is 5.16. The van der Waals surface area contributed by atoms with E-state index in [9.17, 15) is 9.59 Å². The summed E-state index contributed by atoms with van der Waals surface area (Å²) < 4.78 is 0. The summed E-state index contributed by atoms with van der Waals surface area (Å²) in [5, 5.41) is 2.76. The highest BCUT2D eigenvalue weighted by Gasteiger charge is 2.54. The van der Waals surface area contributed by atoms with Crippen LogP contribution in [0.25, 0.3) is 0 Å². The monoisotopic (exact) mass is 270 g/mol. The van der Waals surface area contributed by atoms with Gasteiger partial charge in [-0.3, -0.25) is 9.59 Å². The lowest BCUT2D eigenvalue weighted by Crippen LogP contribution is -2.79. The van der Waals surface area contributed by atoms with E-state index >= 15 is 0 Å². The number of nitrogens with one attached hydrogen (secondary N) is 1. The number of piperazine rings is 1. The minimum absolute atomic E-state index is 0.00324. The van der Waals surface area contributed by atoms with E-state index in [0.717, 1.165) is 19.5 Å². The number of amides is 2. The summed E-state index contributed by atoms with van der Waals surface area (Å²) in [6, 6.07) is 0. The molecule has 6 heteroatoms. The molecular formula is C13H26N4O2. The standard InChI is InChI=1S/C11H19N3O2.C2H7N/c1-3-4-9(15)14-6-5-13(2)8-11(14)7-12-10(11)16;1-2-3/h3-8H2,1-2H3,(H,12,16);2-3H2,1H3. The van der Waals surface area contributed by atoms with Crippen LogP contribution in [0.1, 0.15) is 26.7 Å². The maximum atomic E-state index is 12.0. The molecule has 1 spiro atoms. The van der Waals surface area contributed by atoms with Gasteiger partial charge in [0.25, 0.3) is 0 Å². The fraction of sp³-hybridized carbons (Fsp3) is 0.846. The zero-order valence-electron chi connectivity index (χ0n) is 12.2. The predicted octanol–water partition coefficient (Wildman–Crippen LogP) is -0.606. The number of rotatable bonds is 2. The molecule has 19 heavy (non-hydrogen) atoms. The van der Waals surface area contributed by atoms with Crippen LogP contribution in [0.2, 0.25) is 0 Å². The first-order chi connectivity index (χ1) is 9.01. The van der Waals surface area contributed by atoms with E-state index in [4.69, 9.17) is 5.73 Å². The van der Waals surface area contributed by atoms with Crippen molar-refractivity contribution in [3.8, 4) is 0 Å². The summed E-state index contributed by atoms with van der Waals surface area (Å²) in [5.41, 5.74) is 4.28. The first-order valence-electron chi connectivity index (χ1n) is 6.99. The van der Waals surface area contributed by atoms with Gasteiger partial charge in [-0.2, -0.15) is 0 Å². The zero-order chi connectivity index (χ0) is 14.5. The Balaban J connectivity index is 0.000000550. The lowest BCUT2D eigenvalue weighted by Gasteiger charge is -2.53. The van der Waals surface area contributed by atoms with Crippen LogP contribution in [0.5, 0.6) is 0 Å². The number of β-lactam (4-membered cyclic amide) rings is 1. The number of nitrogens with zero attached hydrogens (tertiary/aromatic N) is 2. The predicted molar refractivity (Wildman–Crippen MR) is 74.6 cm³/mol. The minimum Gasteiger partial charge on any atom is -0.351 e. The Bertz CT molecular complexity index is 335. The third-order valence-electron chi connectivity index (χ3n) is 3.48. The molecule has 0 radical (unpaired) electrons. The van der Waals surface area contributed by atoms with Gasteiger partial charge in [-0.1, -0.05) is 13.8 Å². The largest absolute Gasteiger partial charge is 0.351 e. The van der Waals surface area contributed by atoms with Gasteiger partial charge in [0.1, 0.15) is 0 Å². The molecule has 110 valence electrons. The Morgan fingerprint density at radius 2 is 2.05 bits per heavy atom. The molecule has 2 fully saturated rings. The Kier molecular flexibility index (Phi) is 5.75. The average Bonchev–Trinajstić information content (AvgIpc) is 2.38. The van der Waals surface area contributed by atoms with Gasteiger partial charge in [-0.05, 0) is 20.0 Å². The second-order valence-electron chi connectivity index (χ2n) is 5.16. The van der Waals surface area contributed by atoms with Crippen molar-refractivity contribution in [2.45, 2.75) is 32.2 Å². The van der Waals surface area contributed by atoms with Gasteiger partial charge in [0, 0.05) is 26.1 Å². The minimum atomic E-state index is -0.570. The molecule has 2 rings (SSSR count). The number of carbonyl (C=O) groups is 2. The zero-order valence-corrected chi connectivity index (χ0v) is 12.2. The summed E-state index contributed by atoms with van der Waals surface area (Å²) in [6.07, 6.45) is 1.38. The number of hydrogen-bond donors (Lipinski definition) is 2. The molecule has 0 aromatic carbocycles. The van der Waals surface area contributed by atoms with Crippen LogP contribution < -0.4 is 11.1 Å². The van der Waals surface area contributed by atoms with Crippen LogP contribution in [0.15, 0.2) is 0 Å². The summed E-state index contributed by atoms with van der Waals surface area (Å²) in [4.78, 5) is 27.6. The molecular weight excluding hydrogens is 244 g/mol. The summed E-state index contributed by atoms with van der Waals surface area (Å²) in [6.45, 7) is 7.43. The van der Waals surface area contributed by atoms with Gasteiger partial charge in [0.05, 0.1) is 6.54 Å². The van der Waals surface area contributed by atoms with Gasteiger partial charge in [-0.25, -0.2) is 0 Å². The van der Waals surface area contributed by atoms with Crippen LogP contribution in [0.4, 0.5) is 0 Å². The molecule has 2 heterocycles. The normalized spacial score (nSPS) is 26.3. The molecule has 0 saturated carbocycles. The highest BCUT2D eigenvalue weighted by atomic mass is 16.2. The molecule has 2 aliphatic heterocycles.